The number of ether oxygens (including phenoxy) is 1. The number of amides is 4. The average molecular weight is 610 g/mol. The molecule has 0 spiro atoms. The van der Waals surface area contributed by atoms with E-state index in [1.54, 1.807) is 18.2 Å². The Kier molecular flexibility index (Phi) is 7.25. The molecule has 0 bridgehead atoms. The van der Waals surface area contributed by atoms with Gasteiger partial charge < -0.3 is 4.74 Å². The van der Waals surface area contributed by atoms with Gasteiger partial charge in [-0.3, -0.25) is 14.9 Å². The van der Waals surface area contributed by atoms with Gasteiger partial charge in [0.05, 0.1) is 20.2 Å². The lowest BCUT2D eigenvalue weighted by atomic mass is 10.0. The molecule has 0 unspecified atom stereocenters. The molecule has 0 saturated carbocycles. The van der Waals surface area contributed by atoms with Crippen LogP contribution in [0.4, 0.5) is 10.5 Å². The van der Waals surface area contributed by atoms with Gasteiger partial charge in [0, 0.05) is 5.56 Å². The molecule has 6 nitrogen and oxygen atoms in total. The number of hydrogen-bond acceptors (Lipinski definition) is 4. The molecule has 5 rings (SSSR count). The molecule has 1 heterocycles. The predicted octanol–water partition coefficient (Wildman–Crippen LogP) is 7.46. The zero-order valence-corrected chi connectivity index (χ0v) is 23.0. The minimum Gasteiger partial charge on any atom is -0.488 e. The smallest absolute Gasteiger partial charge is 0.335 e. The molecule has 0 aliphatic carbocycles. The average Bonchev–Trinajstić information content (AvgIpc) is 2.89. The van der Waals surface area contributed by atoms with Crippen molar-refractivity contribution in [2.75, 3.05) is 4.90 Å². The Hall–Kier alpha value is -3.65. The number of imide groups is 2. The minimum absolute atomic E-state index is 0.172. The van der Waals surface area contributed by atoms with E-state index >= 15 is 0 Å². The summed E-state index contributed by atoms with van der Waals surface area (Å²) in [6.07, 6.45) is 1.41. The van der Waals surface area contributed by atoms with Crippen molar-refractivity contribution in [1.82, 2.24) is 5.32 Å². The van der Waals surface area contributed by atoms with Gasteiger partial charge in [-0.25, -0.2) is 9.69 Å². The highest BCUT2D eigenvalue weighted by Gasteiger charge is 2.37. The Morgan fingerprint density at radius 3 is 2.50 bits per heavy atom. The molecule has 1 aliphatic rings. The summed E-state index contributed by atoms with van der Waals surface area (Å²) in [6, 6.07) is 21.0. The molecule has 38 heavy (non-hydrogen) atoms. The molecular formula is C29H19BrCl2N2O4. The minimum atomic E-state index is -0.871. The van der Waals surface area contributed by atoms with E-state index in [1.165, 1.54) is 24.3 Å². The van der Waals surface area contributed by atoms with Gasteiger partial charge in [-0.15, -0.1) is 0 Å². The molecule has 190 valence electrons. The van der Waals surface area contributed by atoms with Crippen LogP contribution in [0.15, 0.2) is 82.8 Å². The van der Waals surface area contributed by atoms with Crippen molar-refractivity contribution in [3.63, 3.8) is 0 Å². The standard InChI is InChI=1S/C29H19BrCl2N2O4/c1-16-6-8-18-4-2-3-5-20(18)22(16)15-38-26-11-7-17(13-23(26)30)12-21-27(35)33-29(37)34(28(21)36)19-9-10-24(31)25(32)14-19/h2-14H,15H2,1H3,(H,33,35,37)/b21-12+. The second-order valence-electron chi connectivity index (χ2n) is 8.62. The lowest BCUT2D eigenvalue weighted by Crippen LogP contribution is -2.54. The monoisotopic (exact) mass is 608 g/mol. The first-order valence-corrected chi connectivity index (χ1v) is 13.0. The number of halogens is 3. The second kappa shape index (κ2) is 10.6. The van der Waals surface area contributed by atoms with E-state index in [4.69, 9.17) is 27.9 Å². The summed E-state index contributed by atoms with van der Waals surface area (Å²) in [5.41, 5.74) is 2.77. The third-order valence-corrected chi connectivity index (χ3v) is 7.54. The SMILES string of the molecule is Cc1ccc2ccccc2c1COc1ccc(/C=C2\C(=O)NC(=O)N(c3ccc(Cl)c(Cl)c3)C2=O)cc1Br. The maximum atomic E-state index is 13.2. The number of carbonyl (C=O) groups is 3. The van der Waals surface area contributed by atoms with Gasteiger partial charge in [0.1, 0.15) is 17.9 Å². The van der Waals surface area contributed by atoms with Gasteiger partial charge in [0.2, 0.25) is 0 Å². The lowest BCUT2D eigenvalue weighted by molar-refractivity contribution is -0.122. The van der Waals surface area contributed by atoms with Crippen molar-refractivity contribution in [1.29, 1.82) is 0 Å². The first-order chi connectivity index (χ1) is 18.2. The first kappa shape index (κ1) is 26.0. The van der Waals surface area contributed by atoms with Crippen LogP contribution in [-0.2, 0) is 16.2 Å². The molecule has 4 aromatic carbocycles. The molecule has 1 aliphatic heterocycles. The molecule has 9 heteroatoms. The Morgan fingerprint density at radius 1 is 0.947 bits per heavy atom. The number of aryl methyl sites for hydroxylation is 1. The fraction of sp³-hybridized carbons (Fsp3) is 0.0690. The van der Waals surface area contributed by atoms with Gasteiger partial charge in [-0.2, -0.15) is 0 Å². The Morgan fingerprint density at radius 2 is 1.74 bits per heavy atom. The number of rotatable bonds is 5. The van der Waals surface area contributed by atoms with Crippen molar-refractivity contribution in [3.8, 4) is 5.75 Å². The zero-order valence-electron chi connectivity index (χ0n) is 19.9. The number of nitrogens with zero attached hydrogens (tertiary/aromatic N) is 1. The summed E-state index contributed by atoms with van der Waals surface area (Å²) in [5.74, 6) is -0.967. The molecule has 0 aromatic heterocycles. The quantitative estimate of drug-likeness (QED) is 0.188. The van der Waals surface area contributed by atoms with E-state index < -0.39 is 17.8 Å². The fourth-order valence-corrected chi connectivity index (χ4v) is 5.00. The van der Waals surface area contributed by atoms with Crippen LogP contribution in [0.2, 0.25) is 10.0 Å². The summed E-state index contributed by atoms with van der Waals surface area (Å²) in [7, 11) is 0. The van der Waals surface area contributed by atoms with E-state index in [0.29, 0.717) is 22.4 Å². The number of barbiturate groups is 1. The number of carbonyl (C=O) groups excluding carboxylic acids is 3. The summed E-state index contributed by atoms with van der Waals surface area (Å²) < 4.78 is 6.76. The van der Waals surface area contributed by atoms with Crippen LogP contribution < -0.4 is 15.0 Å². The van der Waals surface area contributed by atoms with E-state index in [2.05, 4.69) is 45.5 Å². The van der Waals surface area contributed by atoms with E-state index in [1.807, 2.05) is 19.1 Å². The van der Waals surface area contributed by atoms with Crippen molar-refractivity contribution in [2.24, 2.45) is 0 Å². The highest BCUT2D eigenvalue weighted by atomic mass is 79.9. The summed E-state index contributed by atoms with van der Waals surface area (Å²) in [4.78, 5) is 39.0. The number of urea groups is 1. The van der Waals surface area contributed by atoms with Crippen LogP contribution in [0.25, 0.3) is 16.8 Å². The molecule has 1 N–H and O–H groups in total. The number of nitrogens with one attached hydrogen (secondary N) is 1. The van der Waals surface area contributed by atoms with Crippen LogP contribution in [-0.4, -0.2) is 17.8 Å². The van der Waals surface area contributed by atoms with E-state index in [9.17, 15) is 14.4 Å². The van der Waals surface area contributed by atoms with E-state index in [-0.39, 0.29) is 21.3 Å². The highest BCUT2D eigenvalue weighted by molar-refractivity contribution is 9.10. The summed E-state index contributed by atoms with van der Waals surface area (Å²) >= 11 is 15.5. The van der Waals surface area contributed by atoms with Gasteiger partial charge >= 0.3 is 6.03 Å². The van der Waals surface area contributed by atoms with Crippen LogP contribution in [0.1, 0.15) is 16.7 Å². The molecular weight excluding hydrogens is 591 g/mol. The molecule has 0 radical (unpaired) electrons. The highest BCUT2D eigenvalue weighted by Crippen LogP contribution is 2.32. The fourth-order valence-electron chi connectivity index (χ4n) is 4.19. The molecule has 1 saturated heterocycles. The molecule has 4 aromatic rings. The van der Waals surface area contributed by atoms with Crippen LogP contribution in [0.3, 0.4) is 0 Å². The van der Waals surface area contributed by atoms with Crippen molar-refractivity contribution >= 4 is 79.5 Å². The Bertz CT molecular complexity index is 1670. The topological polar surface area (TPSA) is 75.7 Å². The maximum Gasteiger partial charge on any atom is 0.335 e. The Balaban J connectivity index is 1.39. The largest absolute Gasteiger partial charge is 0.488 e. The van der Waals surface area contributed by atoms with Crippen LogP contribution >= 0.6 is 39.1 Å². The number of fused-ring (bicyclic) bond motifs is 1. The maximum absolute atomic E-state index is 13.2. The third kappa shape index (κ3) is 5.05. The number of benzene rings is 4. The van der Waals surface area contributed by atoms with Crippen LogP contribution in [0, 0.1) is 6.92 Å². The first-order valence-electron chi connectivity index (χ1n) is 11.5. The zero-order chi connectivity index (χ0) is 27.0. The summed E-state index contributed by atoms with van der Waals surface area (Å²) in [6.45, 7) is 2.42. The molecule has 0 atom stereocenters. The normalized spacial score (nSPS) is 14.8. The predicted molar refractivity (Wildman–Crippen MR) is 153 cm³/mol. The van der Waals surface area contributed by atoms with Crippen molar-refractivity contribution in [2.45, 2.75) is 13.5 Å². The molecule has 1 fully saturated rings. The van der Waals surface area contributed by atoms with Crippen molar-refractivity contribution < 1.29 is 19.1 Å². The van der Waals surface area contributed by atoms with Gasteiger partial charge in [-0.05, 0) is 81.2 Å². The number of hydrogen-bond donors (Lipinski definition) is 1. The van der Waals surface area contributed by atoms with Gasteiger partial charge in [0.15, 0.2) is 0 Å². The molecule has 4 amide bonds. The van der Waals surface area contributed by atoms with Crippen LogP contribution in [0.5, 0.6) is 5.75 Å². The summed E-state index contributed by atoms with van der Waals surface area (Å²) in [5, 5.41) is 4.91. The third-order valence-electron chi connectivity index (χ3n) is 6.18. The van der Waals surface area contributed by atoms with Crippen molar-refractivity contribution in [3.05, 3.63) is 110 Å². The Labute approximate surface area is 236 Å². The van der Waals surface area contributed by atoms with Gasteiger partial charge in [-0.1, -0.05) is 65.7 Å². The van der Waals surface area contributed by atoms with Gasteiger partial charge in [0.25, 0.3) is 11.8 Å². The second-order valence-corrected chi connectivity index (χ2v) is 10.3. The number of anilines is 1. The van der Waals surface area contributed by atoms with E-state index in [0.717, 1.165) is 26.8 Å². The lowest BCUT2D eigenvalue weighted by Gasteiger charge is -2.26.